The first kappa shape index (κ1) is 50.6. The number of carbonyl (C=O) groups excluding carboxylic acids is 2. The first-order chi connectivity index (χ1) is 31.1. The third-order valence-electron chi connectivity index (χ3n) is 11.5. The van der Waals surface area contributed by atoms with E-state index in [2.05, 4.69) is 50.8 Å². The van der Waals surface area contributed by atoms with Gasteiger partial charge in [-0.1, -0.05) is 18.2 Å². The zero-order valence-corrected chi connectivity index (χ0v) is 41.8. The SMILES string of the molecule is CCO[Si](CCCNC(=O)N(C)CCCN1c2cccc(OC)c2C2c3c(OC)cccc3N(CCCN(C)C(=O)NCCC[Si](OCC)(OCC)OCC)c3cccc1c32)OCC. The monoisotopic (exact) mass is 921 g/mol. The van der Waals surface area contributed by atoms with Crippen LogP contribution in [-0.2, 0) is 22.1 Å². The summed E-state index contributed by atoms with van der Waals surface area (Å²) in [7, 11) is 3.06. The molecule has 4 amide bonds. The predicted molar refractivity (Wildman–Crippen MR) is 257 cm³/mol. The molecule has 1 atom stereocenters. The average molecular weight is 922 g/mol. The Morgan fingerprint density at radius 1 is 0.609 bits per heavy atom. The molecule has 0 aliphatic carbocycles. The van der Waals surface area contributed by atoms with Gasteiger partial charge in [0.05, 0.1) is 14.2 Å². The number of benzene rings is 3. The van der Waals surface area contributed by atoms with E-state index in [1.807, 2.05) is 73.0 Å². The van der Waals surface area contributed by atoms with E-state index in [0.717, 1.165) is 70.7 Å². The fourth-order valence-electron chi connectivity index (χ4n) is 8.80. The molecule has 2 aliphatic rings. The molecule has 0 spiro atoms. The van der Waals surface area contributed by atoms with E-state index in [9.17, 15) is 9.59 Å². The second-order valence-corrected chi connectivity index (χ2v) is 20.2. The van der Waals surface area contributed by atoms with E-state index in [1.54, 1.807) is 24.0 Å². The number of rotatable bonds is 28. The highest BCUT2D eigenvalue weighted by atomic mass is 28.4. The Bertz CT molecular complexity index is 1920. The first-order valence-corrected chi connectivity index (χ1v) is 26.6. The van der Waals surface area contributed by atoms with Crippen molar-refractivity contribution in [2.75, 3.05) is 110 Å². The minimum Gasteiger partial charge on any atom is -0.496 e. The summed E-state index contributed by atoms with van der Waals surface area (Å²) in [4.78, 5) is 34.7. The molecule has 15 nitrogen and oxygen atoms in total. The molecule has 1 radical (unpaired) electrons. The maximum absolute atomic E-state index is 13.3. The van der Waals surface area contributed by atoms with E-state index in [-0.39, 0.29) is 18.0 Å². The van der Waals surface area contributed by atoms with Gasteiger partial charge < -0.3 is 61.8 Å². The summed E-state index contributed by atoms with van der Waals surface area (Å²) in [6.45, 7) is 16.2. The number of urea groups is 2. The van der Waals surface area contributed by atoms with E-state index >= 15 is 0 Å². The van der Waals surface area contributed by atoms with Crippen LogP contribution in [0.15, 0.2) is 54.6 Å². The lowest BCUT2D eigenvalue weighted by molar-refractivity contribution is 0.0708. The Kier molecular flexibility index (Phi) is 20.1. The molecule has 64 heavy (non-hydrogen) atoms. The molecule has 1 unspecified atom stereocenters. The highest BCUT2D eigenvalue weighted by Crippen LogP contribution is 2.60. The molecule has 2 heterocycles. The van der Waals surface area contributed by atoms with E-state index in [4.69, 9.17) is 31.6 Å². The van der Waals surface area contributed by atoms with Gasteiger partial charge in [-0.2, -0.15) is 0 Å². The number of hydrogen-bond donors (Lipinski definition) is 2. The van der Waals surface area contributed by atoms with Crippen LogP contribution >= 0.6 is 0 Å². The lowest BCUT2D eigenvalue weighted by atomic mass is 9.75. The summed E-state index contributed by atoms with van der Waals surface area (Å²) in [6, 6.07) is 20.3. The van der Waals surface area contributed by atoms with Crippen LogP contribution in [0.25, 0.3) is 0 Å². The quantitative estimate of drug-likeness (QED) is 0.0539. The standard InChI is InChI=1S/C47H73N6O9Si2/c1-10-58-63(59-11-2)34-18-28-48-46(54)50(6)30-20-32-52-36-22-15-23-37-42(36)45(43-38(52)24-16-26-40(43)56-8)44-39(25-17-27-41(44)57-9)53(37)33-21-31-51(7)47(55)49-29-19-35-64(60-12-3,61-13-4)62-14-5/h15-17,22-27,45H,10-14,18-21,28-35H2,1-9H3,(H,48,54)(H,49,55). The molecule has 0 saturated carbocycles. The number of carbonyl (C=O) groups is 2. The minimum atomic E-state index is -2.78. The lowest BCUT2D eigenvalue weighted by Gasteiger charge is -2.45. The third kappa shape index (κ3) is 12.3. The number of nitrogens with one attached hydrogen (secondary N) is 2. The van der Waals surface area contributed by atoms with Crippen LogP contribution in [0.2, 0.25) is 12.1 Å². The van der Waals surface area contributed by atoms with Crippen LogP contribution in [-0.4, -0.2) is 141 Å². The number of ether oxygens (including phenoxy) is 2. The van der Waals surface area contributed by atoms with E-state index in [0.29, 0.717) is 84.8 Å². The molecule has 0 fully saturated rings. The Morgan fingerprint density at radius 3 is 1.45 bits per heavy atom. The van der Waals surface area contributed by atoms with Crippen molar-refractivity contribution in [3.63, 3.8) is 0 Å². The van der Waals surface area contributed by atoms with Gasteiger partial charge in [-0.3, -0.25) is 0 Å². The topological polar surface area (TPSA) is 136 Å². The van der Waals surface area contributed by atoms with Crippen LogP contribution in [0.4, 0.5) is 32.3 Å². The van der Waals surface area contributed by atoms with Gasteiger partial charge in [-0.05, 0) is 103 Å². The number of amides is 4. The highest BCUT2D eigenvalue weighted by molar-refractivity contribution is 6.60. The number of hydrogen-bond acceptors (Lipinski definition) is 11. The van der Waals surface area contributed by atoms with Gasteiger partial charge in [-0.15, -0.1) is 0 Å². The molecule has 5 rings (SSSR count). The second kappa shape index (κ2) is 25.4. The van der Waals surface area contributed by atoms with Crippen molar-refractivity contribution in [3.8, 4) is 11.5 Å². The Balaban J connectivity index is 1.31. The molecule has 3 aromatic rings. The Hall–Kier alpha value is -4.37. The average Bonchev–Trinajstić information content (AvgIpc) is 3.30. The Morgan fingerprint density at radius 2 is 1.03 bits per heavy atom. The van der Waals surface area contributed by atoms with Crippen LogP contribution in [0.5, 0.6) is 11.5 Å². The highest BCUT2D eigenvalue weighted by Gasteiger charge is 2.43. The largest absolute Gasteiger partial charge is 0.500 e. The van der Waals surface area contributed by atoms with E-state index in [1.165, 1.54) is 5.56 Å². The molecular weight excluding hydrogens is 849 g/mol. The van der Waals surface area contributed by atoms with E-state index < -0.39 is 18.1 Å². The molecule has 353 valence electrons. The van der Waals surface area contributed by atoms with Crippen molar-refractivity contribution in [2.24, 2.45) is 0 Å². The molecular formula is C47H73N6O9Si2. The van der Waals surface area contributed by atoms with Crippen molar-refractivity contribution >= 4 is 52.9 Å². The molecule has 17 heteroatoms. The van der Waals surface area contributed by atoms with Crippen LogP contribution < -0.4 is 29.9 Å². The molecule has 2 N–H and O–H groups in total. The predicted octanol–water partition coefficient (Wildman–Crippen LogP) is 8.24. The van der Waals surface area contributed by atoms with Gasteiger partial charge in [0, 0.05) is 138 Å². The summed E-state index contributed by atoms with van der Waals surface area (Å²) < 4.78 is 41.8. The number of nitrogens with zero attached hydrogens (tertiary/aromatic N) is 4. The van der Waals surface area contributed by atoms with Gasteiger partial charge in [0.1, 0.15) is 11.5 Å². The van der Waals surface area contributed by atoms with Crippen molar-refractivity contribution in [3.05, 3.63) is 71.3 Å². The molecule has 2 aliphatic heterocycles. The lowest BCUT2D eigenvalue weighted by Crippen LogP contribution is -2.46. The van der Waals surface area contributed by atoms with Crippen LogP contribution in [0, 0.1) is 0 Å². The van der Waals surface area contributed by atoms with Crippen molar-refractivity contribution in [1.29, 1.82) is 0 Å². The van der Waals surface area contributed by atoms with Crippen molar-refractivity contribution < 1.29 is 41.2 Å². The van der Waals surface area contributed by atoms with Crippen molar-refractivity contribution in [1.82, 2.24) is 20.4 Å². The third-order valence-corrected chi connectivity index (χ3v) is 16.7. The Labute approximate surface area is 384 Å². The zero-order chi connectivity index (χ0) is 46.1. The van der Waals surface area contributed by atoms with Gasteiger partial charge in [0.2, 0.25) is 0 Å². The smallest absolute Gasteiger partial charge is 0.496 e. The van der Waals surface area contributed by atoms with Gasteiger partial charge in [0.15, 0.2) is 0 Å². The van der Waals surface area contributed by atoms with Crippen LogP contribution in [0.1, 0.15) is 82.9 Å². The second-order valence-electron chi connectivity index (χ2n) is 15.7. The number of anilines is 4. The zero-order valence-electron chi connectivity index (χ0n) is 39.8. The molecule has 0 aromatic heterocycles. The maximum Gasteiger partial charge on any atom is 0.500 e. The maximum atomic E-state index is 13.3. The fraction of sp³-hybridized carbons (Fsp3) is 0.574. The fourth-order valence-corrected chi connectivity index (χ4v) is 12.9. The summed E-state index contributed by atoms with van der Waals surface area (Å²) in [5.74, 6) is 1.46. The molecule has 0 saturated heterocycles. The summed E-state index contributed by atoms with van der Waals surface area (Å²) in [5.41, 5.74) is 7.71. The summed E-state index contributed by atoms with van der Waals surface area (Å²) in [5, 5.41) is 6.16. The minimum absolute atomic E-state index is 0.0907. The van der Waals surface area contributed by atoms with Crippen molar-refractivity contribution in [2.45, 2.75) is 78.3 Å². The number of fused-ring (bicyclic) bond motifs is 4. The number of methoxy groups -OCH3 is 2. The summed E-state index contributed by atoms with van der Waals surface area (Å²) >= 11 is 0. The normalized spacial score (nSPS) is 13.9. The van der Waals surface area contributed by atoms with Gasteiger partial charge >= 0.3 is 30.2 Å². The first-order valence-electron chi connectivity index (χ1n) is 23.1. The summed E-state index contributed by atoms with van der Waals surface area (Å²) in [6.07, 6.45) is 2.97. The van der Waals surface area contributed by atoms with Gasteiger partial charge in [-0.25, -0.2) is 9.59 Å². The molecule has 3 aromatic carbocycles. The van der Waals surface area contributed by atoms with Gasteiger partial charge in [0.25, 0.3) is 0 Å². The van der Waals surface area contributed by atoms with Crippen LogP contribution in [0.3, 0.4) is 0 Å². The molecule has 0 bridgehead atoms.